The van der Waals surface area contributed by atoms with Crippen LogP contribution in [0, 0.1) is 5.92 Å². The fourth-order valence-corrected chi connectivity index (χ4v) is 2.82. The molecular formula is C15H18ClNO2. The Labute approximate surface area is 117 Å². The number of ether oxygens (including phenoxy) is 1. The Balaban J connectivity index is 1.57. The summed E-state index contributed by atoms with van der Waals surface area (Å²) < 4.78 is 10.9. The van der Waals surface area contributed by atoms with Crippen LogP contribution >= 0.6 is 11.6 Å². The van der Waals surface area contributed by atoms with Crippen molar-refractivity contribution in [2.45, 2.75) is 19.4 Å². The number of nitrogens with one attached hydrogen (secondary N) is 1. The second-order valence-electron chi connectivity index (χ2n) is 5.05. The molecule has 1 atom stereocenters. The number of fused-ring (bicyclic) bond motifs is 1. The van der Waals surface area contributed by atoms with Crippen molar-refractivity contribution in [2.75, 3.05) is 19.8 Å². The first kappa shape index (κ1) is 13.0. The lowest BCUT2D eigenvalue weighted by Gasteiger charge is -2.08. The summed E-state index contributed by atoms with van der Waals surface area (Å²) in [6.07, 6.45) is 2.35. The van der Waals surface area contributed by atoms with Gasteiger partial charge in [0.15, 0.2) is 5.22 Å². The van der Waals surface area contributed by atoms with E-state index in [1.165, 1.54) is 6.42 Å². The Bertz CT molecular complexity index is 546. The summed E-state index contributed by atoms with van der Waals surface area (Å²) in [7, 11) is 0. The minimum absolute atomic E-state index is 0.498. The van der Waals surface area contributed by atoms with E-state index < -0.39 is 0 Å². The van der Waals surface area contributed by atoms with Gasteiger partial charge in [0.2, 0.25) is 0 Å². The number of hydrogen-bond acceptors (Lipinski definition) is 3. The summed E-state index contributed by atoms with van der Waals surface area (Å²) in [4.78, 5) is 0. The summed E-state index contributed by atoms with van der Waals surface area (Å²) in [6.45, 7) is 3.58. The lowest BCUT2D eigenvalue weighted by molar-refractivity contribution is 0.184. The van der Waals surface area contributed by atoms with Crippen molar-refractivity contribution >= 4 is 22.6 Å². The molecule has 19 heavy (non-hydrogen) atoms. The maximum atomic E-state index is 6.15. The highest BCUT2D eigenvalue weighted by Gasteiger charge is 2.15. The molecule has 3 rings (SSSR count). The minimum atomic E-state index is 0.498. The molecule has 1 fully saturated rings. The molecule has 2 aromatic rings. The zero-order valence-electron chi connectivity index (χ0n) is 10.8. The second kappa shape index (κ2) is 5.95. The highest BCUT2D eigenvalue weighted by Crippen LogP contribution is 2.29. The van der Waals surface area contributed by atoms with E-state index in [-0.39, 0.29) is 0 Å². The van der Waals surface area contributed by atoms with Crippen LogP contribution in [0.3, 0.4) is 0 Å². The molecule has 1 aromatic heterocycles. The standard InChI is InChI=1S/C15H18ClNO2/c16-15-13(12-3-1-2-4-14(12)19-15)9-17-7-5-11-6-8-18-10-11/h1-4,11,17H,5-10H2. The van der Waals surface area contributed by atoms with Crippen LogP contribution in [0.1, 0.15) is 18.4 Å². The average Bonchev–Trinajstić information content (AvgIpc) is 3.02. The smallest absolute Gasteiger partial charge is 0.199 e. The van der Waals surface area contributed by atoms with E-state index in [4.69, 9.17) is 20.8 Å². The predicted molar refractivity (Wildman–Crippen MR) is 76.5 cm³/mol. The lowest BCUT2D eigenvalue weighted by Crippen LogP contribution is -2.18. The third-order valence-corrected chi connectivity index (χ3v) is 4.01. The van der Waals surface area contributed by atoms with Crippen molar-refractivity contribution in [3.05, 3.63) is 35.0 Å². The topological polar surface area (TPSA) is 34.4 Å². The molecule has 4 heteroatoms. The molecule has 1 unspecified atom stereocenters. The van der Waals surface area contributed by atoms with E-state index in [1.54, 1.807) is 0 Å². The Hall–Kier alpha value is -1.03. The highest BCUT2D eigenvalue weighted by atomic mass is 35.5. The van der Waals surface area contributed by atoms with E-state index in [0.29, 0.717) is 11.1 Å². The van der Waals surface area contributed by atoms with Gasteiger partial charge < -0.3 is 14.5 Å². The Morgan fingerprint density at radius 1 is 1.32 bits per heavy atom. The van der Waals surface area contributed by atoms with Gasteiger partial charge in [-0.2, -0.15) is 0 Å². The number of para-hydroxylation sites is 1. The van der Waals surface area contributed by atoms with E-state index in [9.17, 15) is 0 Å². The molecule has 102 valence electrons. The van der Waals surface area contributed by atoms with E-state index >= 15 is 0 Å². The van der Waals surface area contributed by atoms with E-state index in [0.717, 1.165) is 49.3 Å². The molecule has 0 saturated carbocycles. The quantitative estimate of drug-likeness (QED) is 0.849. The van der Waals surface area contributed by atoms with Gasteiger partial charge in [0.1, 0.15) is 5.58 Å². The van der Waals surface area contributed by atoms with Crippen LogP contribution < -0.4 is 5.32 Å². The van der Waals surface area contributed by atoms with Crippen molar-refractivity contribution in [1.29, 1.82) is 0 Å². The number of halogens is 1. The maximum absolute atomic E-state index is 6.15. The summed E-state index contributed by atoms with van der Waals surface area (Å²) in [5, 5.41) is 5.05. The molecule has 1 saturated heterocycles. The van der Waals surface area contributed by atoms with Gasteiger partial charge in [-0.3, -0.25) is 0 Å². The first-order valence-corrected chi connectivity index (χ1v) is 7.17. The van der Waals surface area contributed by atoms with Crippen molar-refractivity contribution in [1.82, 2.24) is 5.32 Å². The van der Waals surface area contributed by atoms with Gasteiger partial charge in [0.25, 0.3) is 0 Å². The van der Waals surface area contributed by atoms with Crippen LogP contribution in [0.5, 0.6) is 0 Å². The monoisotopic (exact) mass is 279 g/mol. The Morgan fingerprint density at radius 3 is 3.05 bits per heavy atom. The summed E-state index contributed by atoms with van der Waals surface area (Å²) in [6, 6.07) is 7.96. The minimum Gasteiger partial charge on any atom is -0.444 e. The highest BCUT2D eigenvalue weighted by molar-refractivity contribution is 6.30. The number of hydrogen-bond donors (Lipinski definition) is 1. The van der Waals surface area contributed by atoms with Gasteiger partial charge in [0.05, 0.1) is 0 Å². The number of benzene rings is 1. The summed E-state index contributed by atoms with van der Waals surface area (Å²) >= 11 is 6.15. The predicted octanol–water partition coefficient (Wildman–Crippen LogP) is 3.60. The average molecular weight is 280 g/mol. The maximum Gasteiger partial charge on any atom is 0.199 e. The van der Waals surface area contributed by atoms with Gasteiger partial charge in [0, 0.05) is 30.7 Å². The van der Waals surface area contributed by atoms with Crippen LogP contribution in [-0.2, 0) is 11.3 Å². The first-order valence-electron chi connectivity index (χ1n) is 6.79. The molecule has 1 N–H and O–H groups in total. The molecule has 0 spiro atoms. The molecule has 0 amide bonds. The SMILES string of the molecule is Clc1oc2ccccc2c1CNCCC1CCOC1. The van der Waals surface area contributed by atoms with Crippen LogP contribution in [0.15, 0.2) is 28.7 Å². The molecular weight excluding hydrogens is 262 g/mol. The van der Waals surface area contributed by atoms with Crippen molar-refractivity contribution in [3.8, 4) is 0 Å². The van der Waals surface area contributed by atoms with E-state index in [1.807, 2.05) is 24.3 Å². The third kappa shape index (κ3) is 2.94. The zero-order valence-corrected chi connectivity index (χ0v) is 11.6. The fraction of sp³-hybridized carbons (Fsp3) is 0.467. The first-order chi connectivity index (χ1) is 9.34. The van der Waals surface area contributed by atoms with Gasteiger partial charge in [-0.05, 0) is 43.0 Å². The zero-order chi connectivity index (χ0) is 13.1. The molecule has 1 aliphatic heterocycles. The number of furan rings is 1. The molecule has 1 aromatic carbocycles. The largest absolute Gasteiger partial charge is 0.444 e. The summed E-state index contributed by atoms with van der Waals surface area (Å²) in [5.41, 5.74) is 1.91. The second-order valence-corrected chi connectivity index (χ2v) is 5.39. The molecule has 0 bridgehead atoms. The van der Waals surface area contributed by atoms with E-state index in [2.05, 4.69) is 5.32 Å². The van der Waals surface area contributed by atoms with Gasteiger partial charge >= 0.3 is 0 Å². The normalized spacial score (nSPS) is 19.3. The molecule has 1 aliphatic rings. The Kier molecular flexibility index (Phi) is 4.06. The van der Waals surface area contributed by atoms with Crippen LogP contribution in [0.4, 0.5) is 0 Å². The van der Waals surface area contributed by atoms with Crippen molar-refractivity contribution in [2.24, 2.45) is 5.92 Å². The molecule has 0 radical (unpaired) electrons. The molecule has 3 nitrogen and oxygen atoms in total. The molecule has 2 heterocycles. The molecule has 0 aliphatic carbocycles. The van der Waals surface area contributed by atoms with Crippen LogP contribution in [-0.4, -0.2) is 19.8 Å². The Morgan fingerprint density at radius 2 is 2.21 bits per heavy atom. The van der Waals surface area contributed by atoms with Gasteiger partial charge in [-0.1, -0.05) is 18.2 Å². The lowest BCUT2D eigenvalue weighted by atomic mass is 10.1. The third-order valence-electron chi connectivity index (χ3n) is 3.70. The summed E-state index contributed by atoms with van der Waals surface area (Å²) in [5.74, 6) is 0.712. The fourth-order valence-electron chi connectivity index (χ4n) is 2.56. The number of rotatable bonds is 5. The van der Waals surface area contributed by atoms with Crippen LogP contribution in [0.25, 0.3) is 11.0 Å². The van der Waals surface area contributed by atoms with Crippen molar-refractivity contribution in [3.63, 3.8) is 0 Å². The van der Waals surface area contributed by atoms with Gasteiger partial charge in [-0.25, -0.2) is 0 Å². The van der Waals surface area contributed by atoms with Crippen LogP contribution in [0.2, 0.25) is 5.22 Å². The van der Waals surface area contributed by atoms with Gasteiger partial charge in [-0.15, -0.1) is 0 Å². The van der Waals surface area contributed by atoms with Crippen molar-refractivity contribution < 1.29 is 9.15 Å².